The number of nitrogens with one attached hydrogen (secondary N) is 1. The molecular formula is C17H22N4OS. The fourth-order valence-corrected chi connectivity index (χ4v) is 3.74. The second-order valence-corrected chi connectivity index (χ2v) is 6.83. The zero-order chi connectivity index (χ0) is 16.1. The van der Waals surface area contributed by atoms with Gasteiger partial charge in [-0.05, 0) is 31.4 Å². The van der Waals surface area contributed by atoms with Gasteiger partial charge in [0.05, 0.1) is 11.9 Å². The first-order valence-corrected chi connectivity index (χ1v) is 8.99. The third-order valence-electron chi connectivity index (χ3n) is 4.01. The van der Waals surface area contributed by atoms with Crippen LogP contribution >= 0.6 is 11.8 Å². The Balaban J connectivity index is 1.46. The molecule has 0 radical (unpaired) electrons. The Morgan fingerprint density at radius 2 is 2.22 bits per heavy atom. The number of hydrogen-bond acceptors (Lipinski definition) is 3. The molecule has 23 heavy (non-hydrogen) atoms. The molecule has 1 saturated heterocycles. The highest BCUT2D eigenvalue weighted by Gasteiger charge is 2.26. The molecule has 6 heteroatoms. The van der Waals surface area contributed by atoms with Crippen molar-refractivity contribution >= 4 is 23.5 Å². The van der Waals surface area contributed by atoms with Gasteiger partial charge in [0.25, 0.3) is 0 Å². The molecule has 1 aromatic heterocycles. The van der Waals surface area contributed by atoms with Gasteiger partial charge in [0.1, 0.15) is 0 Å². The first-order valence-electron chi connectivity index (χ1n) is 8.01. The monoisotopic (exact) mass is 330 g/mol. The zero-order valence-electron chi connectivity index (χ0n) is 13.3. The van der Waals surface area contributed by atoms with Crippen LogP contribution in [0.15, 0.2) is 47.6 Å². The number of benzene rings is 1. The number of hydrogen-bond donors (Lipinski definition) is 1. The minimum absolute atomic E-state index is 0.0205. The Hall–Kier alpha value is -1.95. The largest absolute Gasteiger partial charge is 0.324 e. The summed E-state index contributed by atoms with van der Waals surface area (Å²) in [5.41, 5.74) is 0.763. The molecule has 1 atom stereocenters. The third kappa shape index (κ3) is 4.28. The highest BCUT2D eigenvalue weighted by Crippen LogP contribution is 2.26. The molecule has 0 spiro atoms. The van der Waals surface area contributed by atoms with E-state index in [4.69, 9.17) is 0 Å². The molecule has 2 aromatic rings. The number of amides is 2. The van der Waals surface area contributed by atoms with Crippen LogP contribution in [0.3, 0.4) is 0 Å². The quantitative estimate of drug-likeness (QED) is 0.853. The number of likely N-dealkylation sites (tertiary alicyclic amines) is 1. The summed E-state index contributed by atoms with van der Waals surface area (Å²) in [6, 6.07) is 10.4. The summed E-state index contributed by atoms with van der Waals surface area (Å²) < 4.78 is 1.80. The lowest BCUT2D eigenvalue weighted by molar-refractivity contribution is 0.221. The highest BCUT2D eigenvalue weighted by atomic mass is 32.2. The molecule has 2 heterocycles. The van der Waals surface area contributed by atoms with E-state index in [1.54, 1.807) is 10.9 Å². The number of thioether (sulfide) groups is 1. The maximum absolute atomic E-state index is 12.3. The van der Waals surface area contributed by atoms with Crippen molar-refractivity contribution in [3.63, 3.8) is 0 Å². The van der Waals surface area contributed by atoms with Gasteiger partial charge in [0.2, 0.25) is 0 Å². The zero-order valence-corrected chi connectivity index (χ0v) is 14.1. The van der Waals surface area contributed by atoms with Crippen LogP contribution < -0.4 is 5.32 Å². The number of carbonyl (C=O) groups excluding carboxylic acids is 1. The molecule has 1 aliphatic rings. The van der Waals surface area contributed by atoms with E-state index in [0.29, 0.717) is 5.92 Å². The van der Waals surface area contributed by atoms with Gasteiger partial charge in [0.15, 0.2) is 0 Å². The SMILES string of the molecule is CCn1cc(NC(=O)N2CCC(CSc3ccccc3)C2)cn1. The number of anilines is 1. The predicted molar refractivity (Wildman–Crippen MR) is 93.8 cm³/mol. The Labute approximate surface area is 141 Å². The molecule has 1 fully saturated rings. The van der Waals surface area contributed by atoms with Crippen molar-refractivity contribution in [2.24, 2.45) is 5.92 Å². The van der Waals surface area contributed by atoms with Crippen molar-refractivity contribution in [2.45, 2.75) is 24.8 Å². The summed E-state index contributed by atoms with van der Waals surface area (Å²) in [6.45, 7) is 4.48. The lowest BCUT2D eigenvalue weighted by Gasteiger charge is -2.16. The van der Waals surface area contributed by atoms with Crippen LogP contribution in [0.4, 0.5) is 10.5 Å². The van der Waals surface area contributed by atoms with Crippen LogP contribution in [0.1, 0.15) is 13.3 Å². The van der Waals surface area contributed by atoms with Gasteiger partial charge in [-0.1, -0.05) is 18.2 Å². The number of rotatable bonds is 5. The number of urea groups is 1. The fraction of sp³-hybridized carbons (Fsp3) is 0.412. The lowest BCUT2D eigenvalue weighted by atomic mass is 10.2. The molecule has 122 valence electrons. The van der Waals surface area contributed by atoms with Gasteiger partial charge in [0, 0.05) is 36.5 Å². The molecule has 5 nitrogen and oxygen atoms in total. The van der Waals surface area contributed by atoms with Crippen molar-refractivity contribution in [1.29, 1.82) is 0 Å². The Morgan fingerprint density at radius 3 is 2.96 bits per heavy atom. The predicted octanol–water partition coefficient (Wildman–Crippen LogP) is 3.55. The van der Waals surface area contributed by atoms with Gasteiger partial charge in [-0.2, -0.15) is 5.10 Å². The molecule has 0 bridgehead atoms. The van der Waals surface area contributed by atoms with Crippen LogP contribution in [0.5, 0.6) is 0 Å². The van der Waals surface area contributed by atoms with Crippen molar-refractivity contribution in [3.8, 4) is 0 Å². The topological polar surface area (TPSA) is 50.2 Å². The van der Waals surface area contributed by atoms with Gasteiger partial charge in [-0.25, -0.2) is 4.79 Å². The van der Waals surface area contributed by atoms with Crippen LogP contribution in [-0.2, 0) is 6.54 Å². The van der Waals surface area contributed by atoms with Crippen LogP contribution in [0.2, 0.25) is 0 Å². The van der Waals surface area contributed by atoms with E-state index in [9.17, 15) is 4.79 Å². The summed E-state index contributed by atoms with van der Waals surface area (Å²) in [4.78, 5) is 15.5. The standard InChI is InChI=1S/C17H22N4OS/c1-2-21-12-15(10-18-21)19-17(22)20-9-8-14(11-20)13-23-16-6-4-3-5-7-16/h3-7,10,12,14H,2,8-9,11,13H2,1H3,(H,19,22). The maximum atomic E-state index is 12.3. The van der Waals surface area contributed by atoms with Crippen LogP contribution in [0.25, 0.3) is 0 Å². The van der Waals surface area contributed by atoms with E-state index in [2.05, 4.69) is 34.7 Å². The van der Waals surface area contributed by atoms with E-state index in [0.717, 1.165) is 37.5 Å². The van der Waals surface area contributed by atoms with Crippen molar-refractivity contribution in [2.75, 3.05) is 24.2 Å². The van der Waals surface area contributed by atoms with E-state index in [1.807, 2.05) is 35.8 Å². The van der Waals surface area contributed by atoms with Gasteiger partial charge >= 0.3 is 6.03 Å². The fourth-order valence-electron chi connectivity index (χ4n) is 2.69. The number of nitrogens with zero attached hydrogens (tertiary/aromatic N) is 3. The first-order chi connectivity index (χ1) is 11.2. The molecule has 1 N–H and O–H groups in total. The summed E-state index contributed by atoms with van der Waals surface area (Å²) in [5.74, 6) is 1.62. The Morgan fingerprint density at radius 1 is 1.39 bits per heavy atom. The van der Waals surface area contributed by atoms with Crippen molar-refractivity contribution in [3.05, 3.63) is 42.7 Å². The maximum Gasteiger partial charge on any atom is 0.321 e. The van der Waals surface area contributed by atoms with Gasteiger partial charge in [-0.15, -0.1) is 11.8 Å². The highest BCUT2D eigenvalue weighted by molar-refractivity contribution is 7.99. The molecule has 1 unspecified atom stereocenters. The molecule has 1 aromatic carbocycles. The average Bonchev–Trinajstić information content (AvgIpc) is 3.23. The Kier molecular flexibility index (Phi) is 5.23. The number of aromatic nitrogens is 2. The first kappa shape index (κ1) is 15.9. The third-order valence-corrected chi connectivity index (χ3v) is 5.25. The molecule has 0 saturated carbocycles. The second-order valence-electron chi connectivity index (χ2n) is 5.74. The molecule has 1 aliphatic heterocycles. The molecular weight excluding hydrogens is 308 g/mol. The van der Waals surface area contributed by atoms with Crippen LogP contribution in [0, 0.1) is 5.92 Å². The summed E-state index contributed by atoms with van der Waals surface area (Å²) in [5, 5.41) is 7.10. The average molecular weight is 330 g/mol. The summed E-state index contributed by atoms with van der Waals surface area (Å²) in [6.07, 6.45) is 4.62. The summed E-state index contributed by atoms with van der Waals surface area (Å²) in [7, 11) is 0. The van der Waals surface area contributed by atoms with E-state index in [-0.39, 0.29) is 6.03 Å². The second kappa shape index (κ2) is 7.55. The lowest BCUT2D eigenvalue weighted by Crippen LogP contribution is -2.33. The van der Waals surface area contributed by atoms with E-state index < -0.39 is 0 Å². The smallest absolute Gasteiger partial charge is 0.321 e. The summed E-state index contributed by atoms with van der Waals surface area (Å²) >= 11 is 1.87. The van der Waals surface area contributed by atoms with E-state index >= 15 is 0 Å². The minimum Gasteiger partial charge on any atom is -0.324 e. The minimum atomic E-state index is -0.0205. The van der Waals surface area contributed by atoms with Crippen molar-refractivity contribution < 1.29 is 4.79 Å². The molecule has 0 aliphatic carbocycles. The Bertz CT molecular complexity index is 643. The van der Waals surface area contributed by atoms with Gasteiger partial charge < -0.3 is 10.2 Å². The number of aryl methyl sites for hydroxylation is 1. The van der Waals surface area contributed by atoms with Gasteiger partial charge in [-0.3, -0.25) is 4.68 Å². The normalized spacial score (nSPS) is 17.4. The number of carbonyl (C=O) groups is 1. The van der Waals surface area contributed by atoms with E-state index in [1.165, 1.54) is 4.90 Å². The molecule has 2 amide bonds. The van der Waals surface area contributed by atoms with Crippen molar-refractivity contribution in [1.82, 2.24) is 14.7 Å². The molecule has 3 rings (SSSR count). The van der Waals surface area contributed by atoms with Crippen LogP contribution in [-0.4, -0.2) is 39.6 Å².